The molecule has 0 saturated heterocycles. The van der Waals surface area contributed by atoms with Crippen LogP contribution in [0.5, 0.6) is 0 Å². The number of rotatable bonds is 5. The first-order valence-corrected chi connectivity index (χ1v) is 6.61. The Morgan fingerprint density at radius 2 is 2.25 bits per heavy atom. The number of nitriles is 1. The summed E-state index contributed by atoms with van der Waals surface area (Å²) >= 11 is 0. The quantitative estimate of drug-likeness (QED) is 0.906. The molecule has 0 bridgehead atoms. The average Bonchev–Trinajstić information content (AvgIpc) is 2.94. The lowest BCUT2D eigenvalue weighted by Gasteiger charge is -2.09. The second-order valence-electron chi connectivity index (χ2n) is 4.70. The van der Waals surface area contributed by atoms with Crippen LogP contribution < -0.4 is 5.32 Å². The van der Waals surface area contributed by atoms with Crippen LogP contribution in [-0.2, 0) is 6.54 Å². The van der Waals surface area contributed by atoms with Crippen molar-refractivity contribution < 1.29 is 4.39 Å². The molecule has 4 nitrogen and oxygen atoms in total. The second-order valence-corrected chi connectivity index (χ2v) is 4.70. The topological polar surface area (TPSA) is 53.6 Å². The van der Waals surface area contributed by atoms with Crippen molar-refractivity contribution in [2.45, 2.75) is 32.9 Å². The predicted octanol–water partition coefficient (Wildman–Crippen LogP) is 3.48. The molecule has 1 atom stereocenters. The van der Waals surface area contributed by atoms with Gasteiger partial charge in [-0.3, -0.25) is 4.68 Å². The summed E-state index contributed by atoms with van der Waals surface area (Å²) in [4.78, 5) is 0. The maximum Gasteiger partial charge on any atom is 0.147 e. The monoisotopic (exact) mass is 272 g/mol. The average molecular weight is 272 g/mol. The molecular formula is C15H17FN4. The molecule has 0 aliphatic heterocycles. The van der Waals surface area contributed by atoms with Crippen LogP contribution in [0.1, 0.15) is 37.6 Å². The summed E-state index contributed by atoms with van der Waals surface area (Å²) in [5.41, 5.74) is 1.55. The molecule has 0 aliphatic rings. The summed E-state index contributed by atoms with van der Waals surface area (Å²) < 4.78 is 15.6. The molecule has 1 aromatic carbocycles. The summed E-state index contributed by atoms with van der Waals surface area (Å²) in [6, 6.07) is 8.56. The highest BCUT2D eigenvalue weighted by molar-refractivity contribution is 5.48. The summed E-state index contributed by atoms with van der Waals surface area (Å²) in [6.07, 6.45) is 2.94. The fraction of sp³-hybridized carbons (Fsp3) is 0.333. The normalized spacial score (nSPS) is 11.9. The molecule has 0 amide bonds. The van der Waals surface area contributed by atoms with Crippen molar-refractivity contribution in [1.29, 1.82) is 5.26 Å². The molecule has 104 valence electrons. The number of nitrogens with zero attached hydrogens (tertiary/aromatic N) is 3. The molecule has 0 spiro atoms. The van der Waals surface area contributed by atoms with Crippen molar-refractivity contribution in [3.63, 3.8) is 0 Å². The molecule has 2 rings (SSSR count). The van der Waals surface area contributed by atoms with Crippen molar-refractivity contribution in [3.8, 4) is 6.07 Å². The summed E-state index contributed by atoms with van der Waals surface area (Å²) in [5, 5.41) is 16.1. The van der Waals surface area contributed by atoms with Gasteiger partial charge >= 0.3 is 0 Å². The van der Waals surface area contributed by atoms with E-state index >= 15 is 0 Å². The number of hydrogen-bond acceptors (Lipinski definition) is 3. The first kappa shape index (κ1) is 14.1. The number of benzene rings is 1. The Hall–Kier alpha value is -2.35. The third-order valence-corrected chi connectivity index (χ3v) is 3.26. The highest BCUT2D eigenvalue weighted by Gasteiger charge is 2.06. The van der Waals surface area contributed by atoms with Gasteiger partial charge in [0.15, 0.2) is 0 Å². The second kappa shape index (κ2) is 6.20. The van der Waals surface area contributed by atoms with Crippen molar-refractivity contribution >= 4 is 5.69 Å². The van der Waals surface area contributed by atoms with Crippen LogP contribution in [0.4, 0.5) is 10.1 Å². The Labute approximate surface area is 117 Å². The van der Waals surface area contributed by atoms with Gasteiger partial charge in [-0.2, -0.15) is 10.4 Å². The van der Waals surface area contributed by atoms with Gasteiger partial charge in [0, 0.05) is 12.2 Å². The molecule has 1 heterocycles. The van der Waals surface area contributed by atoms with Gasteiger partial charge < -0.3 is 5.32 Å². The van der Waals surface area contributed by atoms with E-state index in [1.165, 1.54) is 6.07 Å². The highest BCUT2D eigenvalue weighted by Crippen LogP contribution is 2.16. The van der Waals surface area contributed by atoms with Crippen LogP contribution in [-0.4, -0.2) is 9.78 Å². The Bertz CT molecular complexity index is 627. The number of nitrogens with one attached hydrogen (secondary N) is 1. The standard InChI is InChI=1S/C15H17FN4/c1-3-11(2)20-7-6-13(19-20)10-18-15-5-4-12(9-17)8-14(15)16/h4-8,11,18H,3,10H2,1-2H3. The maximum absolute atomic E-state index is 13.7. The molecule has 5 heteroatoms. The first-order chi connectivity index (χ1) is 9.63. The minimum absolute atomic E-state index is 0.314. The van der Waals surface area contributed by atoms with Crippen LogP contribution in [0.3, 0.4) is 0 Å². The van der Waals surface area contributed by atoms with Gasteiger partial charge in [-0.1, -0.05) is 6.92 Å². The SMILES string of the molecule is CCC(C)n1ccc(CNc2ccc(C#N)cc2F)n1. The number of anilines is 1. The third kappa shape index (κ3) is 3.15. The van der Waals surface area contributed by atoms with Gasteiger partial charge in [-0.15, -0.1) is 0 Å². The molecule has 1 unspecified atom stereocenters. The predicted molar refractivity (Wildman–Crippen MR) is 75.7 cm³/mol. The fourth-order valence-electron chi connectivity index (χ4n) is 1.82. The van der Waals surface area contributed by atoms with Crippen LogP contribution >= 0.6 is 0 Å². The maximum atomic E-state index is 13.7. The van der Waals surface area contributed by atoms with Crippen molar-refractivity contribution in [2.75, 3.05) is 5.32 Å². The zero-order valence-corrected chi connectivity index (χ0v) is 11.6. The fourth-order valence-corrected chi connectivity index (χ4v) is 1.82. The van der Waals surface area contributed by atoms with Gasteiger partial charge in [-0.25, -0.2) is 4.39 Å². The van der Waals surface area contributed by atoms with Crippen LogP contribution in [0.2, 0.25) is 0 Å². The molecule has 1 aromatic heterocycles. The summed E-state index contributed by atoms with van der Waals surface area (Å²) in [7, 11) is 0. The van der Waals surface area contributed by atoms with E-state index in [1.54, 1.807) is 12.1 Å². The number of halogens is 1. The summed E-state index contributed by atoms with van der Waals surface area (Å²) in [6.45, 7) is 4.66. The lowest BCUT2D eigenvalue weighted by atomic mass is 10.2. The van der Waals surface area contributed by atoms with Crippen LogP contribution in [0, 0.1) is 17.1 Å². The lowest BCUT2D eigenvalue weighted by Crippen LogP contribution is -2.07. The van der Waals surface area contributed by atoms with Gasteiger partial charge in [0.1, 0.15) is 5.82 Å². The molecule has 0 saturated carbocycles. The van der Waals surface area contributed by atoms with Crippen molar-refractivity contribution in [2.24, 2.45) is 0 Å². The zero-order chi connectivity index (χ0) is 14.5. The van der Waals surface area contributed by atoms with Crippen LogP contribution in [0.25, 0.3) is 0 Å². The Morgan fingerprint density at radius 1 is 1.45 bits per heavy atom. The van der Waals surface area contributed by atoms with E-state index < -0.39 is 5.82 Å². The molecule has 20 heavy (non-hydrogen) atoms. The summed E-state index contributed by atoms with van der Waals surface area (Å²) in [5.74, 6) is -0.426. The molecule has 0 radical (unpaired) electrons. The Balaban J connectivity index is 2.02. The number of hydrogen-bond donors (Lipinski definition) is 1. The van der Waals surface area contributed by atoms with Crippen molar-refractivity contribution in [1.82, 2.24) is 9.78 Å². The van der Waals surface area contributed by atoms with E-state index in [9.17, 15) is 4.39 Å². The van der Waals surface area contributed by atoms with E-state index in [-0.39, 0.29) is 0 Å². The van der Waals surface area contributed by atoms with E-state index in [2.05, 4.69) is 24.3 Å². The third-order valence-electron chi connectivity index (χ3n) is 3.26. The van der Waals surface area contributed by atoms with Gasteiger partial charge in [-0.05, 0) is 37.6 Å². The minimum atomic E-state index is -0.426. The zero-order valence-electron chi connectivity index (χ0n) is 11.6. The Kier molecular flexibility index (Phi) is 4.36. The highest BCUT2D eigenvalue weighted by atomic mass is 19.1. The molecule has 2 aromatic rings. The molecule has 0 fully saturated rings. The van der Waals surface area contributed by atoms with Crippen molar-refractivity contribution in [3.05, 3.63) is 47.5 Å². The first-order valence-electron chi connectivity index (χ1n) is 6.61. The van der Waals surface area contributed by atoms with E-state index in [4.69, 9.17) is 5.26 Å². The largest absolute Gasteiger partial charge is 0.377 e. The van der Waals surface area contributed by atoms with E-state index in [0.29, 0.717) is 23.8 Å². The van der Waals surface area contributed by atoms with Crippen LogP contribution in [0.15, 0.2) is 30.5 Å². The van der Waals surface area contributed by atoms with Gasteiger partial charge in [0.25, 0.3) is 0 Å². The van der Waals surface area contributed by atoms with E-state index in [0.717, 1.165) is 12.1 Å². The molecule has 1 N–H and O–H groups in total. The Morgan fingerprint density at radius 3 is 2.90 bits per heavy atom. The smallest absolute Gasteiger partial charge is 0.147 e. The number of aromatic nitrogens is 2. The molecular weight excluding hydrogens is 255 g/mol. The molecule has 0 aliphatic carbocycles. The van der Waals surface area contributed by atoms with E-state index in [1.807, 2.05) is 23.0 Å². The minimum Gasteiger partial charge on any atom is -0.377 e. The van der Waals surface area contributed by atoms with Gasteiger partial charge in [0.2, 0.25) is 0 Å². The lowest BCUT2D eigenvalue weighted by molar-refractivity contribution is 0.474. The van der Waals surface area contributed by atoms with Gasteiger partial charge in [0.05, 0.1) is 29.6 Å².